The van der Waals surface area contributed by atoms with Crippen molar-refractivity contribution in [3.05, 3.63) is 88.1 Å². The van der Waals surface area contributed by atoms with Crippen LogP contribution in [0.3, 0.4) is 0 Å². The lowest BCUT2D eigenvalue weighted by molar-refractivity contribution is 0.0987. The minimum atomic E-state index is -3.65. The molecule has 1 fully saturated rings. The van der Waals surface area contributed by atoms with Gasteiger partial charge in [0, 0.05) is 23.1 Å². The first-order valence-electron chi connectivity index (χ1n) is 12.0. The number of aromatic nitrogens is 1. The number of hydrazone groups is 1. The van der Waals surface area contributed by atoms with Gasteiger partial charge in [0.15, 0.2) is 0 Å². The molecule has 0 saturated carbocycles. The van der Waals surface area contributed by atoms with Crippen LogP contribution in [0.2, 0.25) is 0 Å². The van der Waals surface area contributed by atoms with E-state index in [-0.39, 0.29) is 15.6 Å². The molecular weight excluding hydrogens is 591 g/mol. The van der Waals surface area contributed by atoms with E-state index in [1.807, 2.05) is 31.2 Å². The molecule has 4 aromatic rings. The van der Waals surface area contributed by atoms with Gasteiger partial charge in [-0.2, -0.15) is 14.4 Å². The number of anilines is 1. The van der Waals surface area contributed by atoms with E-state index in [0.29, 0.717) is 29.2 Å². The highest BCUT2D eigenvalue weighted by atomic mass is 79.9. The largest absolute Gasteiger partial charge is 0.280 e. The summed E-state index contributed by atoms with van der Waals surface area (Å²) >= 11 is 4.53. The van der Waals surface area contributed by atoms with Crippen LogP contribution in [-0.2, 0) is 10.0 Å². The molecule has 5 rings (SSSR count). The zero-order valence-electron chi connectivity index (χ0n) is 20.4. The van der Waals surface area contributed by atoms with E-state index in [9.17, 15) is 17.6 Å². The molecule has 0 aliphatic carbocycles. The third-order valence-corrected chi connectivity index (χ3v) is 9.67. The third kappa shape index (κ3) is 5.70. The van der Waals surface area contributed by atoms with Gasteiger partial charge in [0.2, 0.25) is 15.2 Å². The van der Waals surface area contributed by atoms with E-state index < -0.39 is 21.7 Å². The smallest absolute Gasteiger partial charge is 0.267 e. The summed E-state index contributed by atoms with van der Waals surface area (Å²) in [6.45, 7) is 3.02. The Morgan fingerprint density at radius 1 is 1.16 bits per heavy atom. The van der Waals surface area contributed by atoms with E-state index >= 15 is 0 Å². The fraction of sp³-hybridized carbons (Fsp3) is 0.222. The van der Waals surface area contributed by atoms with E-state index in [4.69, 9.17) is 0 Å². The van der Waals surface area contributed by atoms with Crippen molar-refractivity contribution < 1.29 is 17.6 Å². The molecule has 7 nitrogen and oxygen atoms in total. The van der Waals surface area contributed by atoms with E-state index in [0.717, 1.165) is 39.2 Å². The van der Waals surface area contributed by atoms with E-state index in [2.05, 4.69) is 26.0 Å². The summed E-state index contributed by atoms with van der Waals surface area (Å²) in [6.07, 6.45) is 3.37. The molecule has 1 aromatic heterocycles. The SMILES string of the molecule is CC1CCCN(S(=O)(=O)c2ccc(C(=O)N(/N=C/c3ccc(Br)cc3)c3nc4ccc(F)cc4s3)cc2)C1. The minimum Gasteiger partial charge on any atom is -0.267 e. The molecular formula is C27H24BrFN4O3S2. The highest BCUT2D eigenvalue weighted by Gasteiger charge is 2.29. The number of fused-ring (bicyclic) bond motifs is 1. The lowest BCUT2D eigenvalue weighted by atomic mass is 10.0. The van der Waals surface area contributed by atoms with Crippen LogP contribution in [0.25, 0.3) is 10.2 Å². The molecule has 0 bridgehead atoms. The van der Waals surface area contributed by atoms with Crippen molar-refractivity contribution in [3.63, 3.8) is 0 Å². The number of halogens is 2. The summed E-state index contributed by atoms with van der Waals surface area (Å²) in [6, 6.07) is 17.5. The van der Waals surface area contributed by atoms with Crippen LogP contribution >= 0.6 is 27.3 Å². The summed E-state index contributed by atoms with van der Waals surface area (Å²) in [4.78, 5) is 18.2. The Kier molecular flexibility index (Phi) is 7.71. The maximum Gasteiger partial charge on any atom is 0.280 e. The summed E-state index contributed by atoms with van der Waals surface area (Å²) in [5.41, 5.74) is 1.55. The lowest BCUT2D eigenvalue weighted by Crippen LogP contribution is -2.39. The molecule has 1 atom stereocenters. The number of hydrogen-bond acceptors (Lipinski definition) is 6. The summed E-state index contributed by atoms with van der Waals surface area (Å²) < 4.78 is 43.1. The maximum absolute atomic E-state index is 13.8. The van der Waals surface area contributed by atoms with Gasteiger partial charge in [-0.1, -0.05) is 46.3 Å². The Hall–Kier alpha value is -2.99. The standard InChI is InChI=1S/C27H24BrFN4O3S2/c1-18-3-2-14-32(17-18)38(35,36)23-11-6-20(7-12-23)26(34)33(30-16-19-4-8-21(28)9-5-19)27-31-24-13-10-22(29)15-25(24)37-27/h4-13,15-16,18H,2-3,14,17H2,1H3/b30-16+. The molecule has 1 saturated heterocycles. The van der Waals surface area contributed by atoms with Crippen LogP contribution in [-0.4, -0.2) is 42.9 Å². The van der Waals surface area contributed by atoms with Crippen molar-refractivity contribution in [1.82, 2.24) is 9.29 Å². The van der Waals surface area contributed by atoms with Gasteiger partial charge in [-0.15, -0.1) is 0 Å². The van der Waals surface area contributed by atoms with Crippen LogP contribution in [0, 0.1) is 11.7 Å². The van der Waals surface area contributed by atoms with Crippen molar-refractivity contribution in [2.24, 2.45) is 11.0 Å². The predicted octanol–water partition coefficient (Wildman–Crippen LogP) is 6.30. The van der Waals surface area contributed by atoms with E-state index in [1.165, 1.54) is 46.9 Å². The van der Waals surface area contributed by atoms with Gasteiger partial charge >= 0.3 is 0 Å². The Balaban J connectivity index is 1.47. The predicted molar refractivity (Wildman–Crippen MR) is 152 cm³/mol. The number of sulfonamides is 1. The summed E-state index contributed by atoms with van der Waals surface area (Å²) in [5.74, 6) is -0.587. The second-order valence-electron chi connectivity index (χ2n) is 9.16. The Morgan fingerprint density at radius 3 is 2.61 bits per heavy atom. The fourth-order valence-electron chi connectivity index (χ4n) is 4.24. The maximum atomic E-state index is 13.8. The van der Waals surface area contributed by atoms with Crippen LogP contribution < -0.4 is 5.01 Å². The quantitative estimate of drug-likeness (QED) is 0.188. The topological polar surface area (TPSA) is 82.9 Å². The van der Waals surface area contributed by atoms with Crippen molar-refractivity contribution in [2.75, 3.05) is 18.1 Å². The number of hydrogen-bond donors (Lipinski definition) is 0. The first-order chi connectivity index (χ1) is 18.2. The Morgan fingerprint density at radius 2 is 1.89 bits per heavy atom. The highest BCUT2D eigenvalue weighted by molar-refractivity contribution is 9.10. The summed E-state index contributed by atoms with van der Waals surface area (Å²) in [5, 5.41) is 5.83. The molecule has 0 spiro atoms. The number of amides is 1. The molecule has 1 aliphatic heterocycles. The van der Waals surface area contributed by atoms with Crippen molar-refractivity contribution in [3.8, 4) is 0 Å². The first kappa shape index (κ1) is 26.6. The van der Waals surface area contributed by atoms with Crippen molar-refractivity contribution in [1.29, 1.82) is 0 Å². The second-order valence-corrected chi connectivity index (χ2v) is 13.0. The van der Waals surface area contributed by atoms with Gasteiger partial charge in [0.25, 0.3) is 5.91 Å². The summed E-state index contributed by atoms with van der Waals surface area (Å²) in [7, 11) is -3.65. The number of carbonyl (C=O) groups is 1. The number of piperidine rings is 1. The molecule has 1 unspecified atom stereocenters. The van der Waals surface area contributed by atoms with E-state index in [1.54, 1.807) is 6.07 Å². The molecule has 1 amide bonds. The number of benzene rings is 3. The van der Waals surface area contributed by atoms with Gasteiger partial charge in [-0.05, 0) is 78.9 Å². The number of carbonyl (C=O) groups excluding carboxylic acids is 1. The number of nitrogens with zero attached hydrogens (tertiary/aromatic N) is 4. The Bertz CT molecular complexity index is 1610. The molecule has 11 heteroatoms. The van der Waals surface area contributed by atoms with Gasteiger partial charge < -0.3 is 0 Å². The minimum absolute atomic E-state index is 0.142. The average molecular weight is 616 g/mol. The van der Waals surface area contributed by atoms with Gasteiger partial charge in [0.05, 0.1) is 21.3 Å². The van der Waals surface area contributed by atoms with Crippen LogP contribution in [0.4, 0.5) is 9.52 Å². The normalized spacial score (nSPS) is 16.8. The molecule has 1 aliphatic rings. The lowest BCUT2D eigenvalue weighted by Gasteiger charge is -2.30. The van der Waals surface area contributed by atoms with Crippen LogP contribution in [0.15, 0.2) is 81.2 Å². The fourth-order valence-corrected chi connectivity index (χ4v) is 7.05. The molecule has 0 radical (unpaired) electrons. The van der Waals surface area contributed by atoms with Crippen molar-refractivity contribution >= 4 is 64.8 Å². The van der Waals surface area contributed by atoms with Crippen molar-refractivity contribution in [2.45, 2.75) is 24.7 Å². The number of rotatable bonds is 6. The first-order valence-corrected chi connectivity index (χ1v) is 15.1. The van der Waals surface area contributed by atoms with Crippen LogP contribution in [0.5, 0.6) is 0 Å². The second kappa shape index (κ2) is 11.0. The number of thiazole rings is 1. The van der Waals surface area contributed by atoms with Crippen LogP contribution in [0.1, 0.15) is 35.7 Å². The van der Waals surface area contributed by atoms with Gasteiger partial charge in [-0.3, -0.25) is 4.79 Å². The molecule has 38 heavy (non-hydrogen) atoms. The average Bonchev–Trinajstić information content (AvgIpc) is 3.32. The Labute approximate surface area is 232 Å². The van der Waals surface area contributed by atoms with Gasteiger partial charge in [0.1, 0.15) is 5.82 Å². The third-order valence-electron chi connectivity index (χ3n) is 6.26. The molecule has 3 aromatic carbocycles. The molecule has 2 heterocycles. The monoisotopic (exact) mass is 614 g/mol. The highest BCUT2D eigenvalue weighted by Crippen LogP contribution is 2.31. The molecule has 0 N–H and O–H groups in total. The van der Waals surface area contributed by atoms with Gasteiger partial charge in [-0.25, -0.2) is 17.8 Å². The zero-order chi connectivity index (χ0) is 26.9. The molecule has 196 valence electrons. The zero-order valence-corrected chi connectivity index (χ0v) is 23.6.